The fraction of sp³-hybridized carbons (Fsp3) is 0.381. The summed E-state index contributed by atoms with van der Waals surface area (Å²) in [5.41, 5.74) is 4.30. The lowest BCUT2D eigenvalue weighted by Gasteiger charge is -2.32. The Bertz CT molecular complexity index is 714. The number of hydrogen-bond acceptors (Lipinski definition) is 2. The molecule has 2 aromatic rings. The lowest BCUT2D eigenvalue weighted by Crippen LogP contribution is -2.44. The molecule has 1 aliphatic rings. The maximum absolute atomic E-state index is 12.5. The van der Waals surface area contributed by atoms with Gasteiger partial charge < -0.3 is 5.32 Å². The Morgan fingerprint density at radius 1 is 1.08 bits per heavy atom. The molecule has 4 heteroatoms. The number of amides is 1. The van der Waals surface area contributed by atoms with Gasteiger partial charge in [0, 0.05) is 36.3 Å². The van der Waals surface area contributed by atoms with Crippen LogP contribution < -0.4 is 5.32 Å². The largest absolute Gasteiger partial charge is 0.349 e. The molecule has 0 aliphatic carbocycles. The third-order valence-corrected chi connectivity index (χ3v) is 4.98. The van der Waals surface area contributed by atoms with Crippen molar-refractivity contribution in [3.8, 4) is 0 Å². The summed E-state index contributed by atoms with van der Waals surface area (Å²) in [6.45, 7) is 6.99. The molecule has 0 aromatic heterocycles. The van der Waals surface area contributed by atoms with Gasteiger partial charge in [0.15, 0.2) is 0 Å². The minimum atomic E-state index is 0.0444. The van der Waals surface area contributed by atoms with Crippen LogP contribution in [-0.2, 0) is 6.54 Å². The molecule has 0 spiro atoms. The smallest absolute Gasteiger partial charge is 0.251 e. The molecule has 1 N–H and O–H groups in total. The highest BCUT2D eigenvalue weighted by atomic mass is 35.5. The number of carbonyl (C=O) groups excluding carboxylic acids is 1. The summed E-state index contributed by atoms with van der Waals surface area (Å²) in [6.07, 6.45) is 1.98. The standard InChI is InChI=1S/C21H25ClN2O/c1-15-11-16(2)13-18(12-15)21(25)23-20-7-9-24(10-8-20)14-17-3-5-19(22)6-4-17/h3-6,11-13,20H,7-10,14H2,1-2H3,(H,23,25). The van der Waals surface area contributed by atoms with Gasteiger partial charge in [-0.25, -0.2) is 0 Å². The molecule has 0 saturated carbocycles. The predicted molar refractivity (Wildman–Crippen MR) is 103 cm³/mol. The second kappa shape index (κ2) is 8.03. The van der Waals surface area contributed by atoms with Crippen molar-refractivity contribution in [2.24, 2.45) is 0 Å². The molecule has 1 amide bonds. The van der Waals surface area contributed by atoms with E-state index in [2.05, 4.69) is 28.4 Å². The van der Waals surface area contributed by atoms with Crippen LogP contribution in [0.2, 0.25) is 5.02 Å². The van der Waals surface area contributed by atoms with Crippen LogP contribution in [0.3, 0.4) is 0 Å². The summed E-state index contributed by atoms with van der Waals surface area (Å²) in [7, 11) is 0. The summed E-state index contributed by atoms with van der Waals surface area (Å²) < 4.78 is 0. The summed E-state index contributed by atoms with van der Waals surface area (Å²) in [6, 6.07) is 14.3. The van der Waals surface area contributed by atoms with Crippen LogP contribution in [-0.4, -0.2) is 29.9 Å². The molecule has 0 atom stereocenters. The van der Waals surface area contributed by atoms with Crippen LogP contribution in [0.4, 0.5) is 0 Å². The van der Waals surface area contributed by atoms with Crippen LogP contribution in [0.5, 0.6) is 0 Å². The molecule has 132 valence electrons. The molecule has 1 aliphatic heterocycles. The van der Waals surface area contributed by atoms with Gasteiger partial charge in [0.1, 0.15) is 0 Å². The van der Waals surface area contributed by atoms with Crippen LogP contribution in [0.25, 0.3) is 0 Å². The second-order valence-corrected chi connectivity index (χ2v) is 7.46. The monoisotopic (exact) mass is 356 g/mol. The van der Waals surface area contributed by atoms with Crippen LogP contribution in [0, 0.1) is 13.8 Å². The molecule has 1 saturated heterocycles. The Kier molecular flexibility index (Phi) is 5.77. The van der Waals surface area contributed by atoms with Crippen molar-refractivity contribution < 1.29 is 4.79 Å². The van der Waals surface area contributed by atoms with Crippen molar-refractivity contribution >= 4 is 17.5 Å². The first-order chi connectivity index (χ1) is 12.0. The van der Waals surface area contributed by atoms with E-state index in [0.29, 0.717) is 0 Å². The van der Waals surface area contributed by atoms with Crippen LogP contribution >= 0.6 is 11.6 Å². The summed E-state index contributed by atoms with van der Waals surface area (Å²) in [5, 5.41) is 3.97. The van der Waals surface area contributed by atoms with E-state index in [0.717, 1.165) is 54.2 Å². The number of hydrogen-bond donors (Lipinski definition) is 1. The molecule has 3 rings (SSSR count). The summed E-state index contributed by atoms with van der Waals surface area (Å²) in [4.78, 5) is 14.9. The Labute approximate surface area is 155 Å². The van der Waals surface area contributed by atoms with Gasteiger partial charge in [-0.15, -0.1) is 0 Å². The van der Waals surface area contributed by atoms with E-state index in [1.54, 1.807) is 0 Å². The molecule has 2 aromatic carbocycles. The van der Waals surface area contributed by atoms with E-state index in [-0.39, 0.29) is 11.9 Å². The second-order valence-electron chi connectivity index (χ2n) is 7.03. The molecule has 0 bridgehead atoms. The minimum absolute atomic E-state index is 0.0444. The van der Waals surface area contributed by atoms with Crippen LogP contribution in [0.15, 0.2) is 42.5 Å². The summed E-state index contributed by atoms with van der Waals surface area (Å²) >= 11 is 5.94. The first kappa shape index (κ1) is 18.0. The summed E-state index contributed by atoms with van der Waals surface area (Å²) in [5.74, 6) is 0.0444. The minimum Gasteiger partial charge on any atom is -0.349 e. The van der Waals surface area contributed by atoms with Gasteiger partial charge in [-0.3, -0.25) is 9.69 Å². The van der Waals surface area contributed by atoms with Gasteiger partial charge in [-0.1, -0.05) is 40.9 Å². The highest BCUT2D eigenvalue weighted by Gasteiger charge is 2.21. The third kappa shape index (κ3) is 5.07. The average Bonchev–Trinajstić information content (AvgIpc) is 2.58. The van der Waals surface area contributed by atoms with E-state index < -0.39 is 0 Å². The SMILES string of the molecule is Cc1cc(C)cc(C(=O)NC2CCN(Cc3ccc(Cl)cc3)CC2)c1. The fourth-order valence-corrected chi connectivity index (χ4v) is 3.58. The number of benzene rings is 2. The average molecular weight is 357 g/mol. The van der Waals surface area contributed by atoms with E-state index >= 15 is 0 Å². The zero-order valence-electron chi connectivity index (χ0n) is 14.9. The van der Waals surface area contributed by atoms with Crippen molar-refractivity contribution in [3.63, 3.8) is 0 Å². The van der Waals surface area contributed by atoms with E-state index in [4.69, 9.17) is 11.6 Å². The van der Waals surface area contributed by atoms with Gasteiger partial charge in [-0.05, 0) is 56.5 Å². The lowest BCUT2D eigenvalue weighted by molar-refractivity contribution is 0.0908. The van der Waals surface area contributed by atoms with Gasteiger partial charge in [0.2, 0.25) is 0 Å². The number of likely N-dealkylation sites (tertiary alicyclic amines) is 1. The fourth-order valence-electron chi connectivity index (χ4n) is 3.46. The van der Waals surface area contributed by atoms with Gasteiger partial charge in [0.25, 0.3) is 5.91 Å². The van der Waals surface area contributed by atoms with Gasteiger partial charge in [0.05, 0.1) is 0 Å². The Morgan fingerprint density at radius 3 is 2.28 bits per heavy atom. The first-order valence-electron chi connectivity index (χ1n) is 8.85. The zero-order valence-corrected chi connectivity index (χ0v) is 15.6. The molecule has 3 nitrogen and oxygen atoms in total. The highest BCUT2D eigenvalue weighted by molar-refractivity contribution is 6.30. The molecule has 0 unspecified atom stereocenters. The molecule has 0 radical (unpaired) electrons. The van der Waals surface area contributed by atoms with Crippen molar-refractivity contribution in [1.82, 2.24) is 10.2 Å². The van der Waals surface area contributed by atoms with Gasteiger partial charge in [-0.2, -0.15) is 0 Å². The number of nitrogens with zero attached hydrogens (tertiary/aromatic N) is 1. The van der Waals surface area contributed by atoms with Crippen molar-refractivity contribution in [1.29, 1.82) is 0 Å². The Hall–Kier alpha value is -1.84. The van der Waals surface area contributed by atoms with Crippen LogP contribution in [0.1, 0.15) is 39.9 Å². The number of rotatable bonds is 4. The van der Waals surface area contributed by atoms with Crippen molar-refractivity contribution in [2.75, 3.05) is 13.1 Å². The Balaban J connectivity index is 1.50. The lowest BCUT2D eigenvalue weighted by atomic mass is 10.0. The number of halogens is 1. The number of carbonyl (C=O) groups is 1. The normalized spacial score (nSPS) is 16.0. The van der Waals surface area contributed by atoms with Gasteiger partial charge >= 0.3 is 0 Å². The van der Waals surface area contributed by atoms with Crippen molar-refractivity contribution in [3.05, 3.63) is 69.7 Å². The Morgan fingerprint density at radius 2 is 1.68 bits per heavy atom. The highest BCUT2D eigenvalue weighted by Crippen LogP contribution is 2.17. The van der Waals surface area contributed by atoms with E-state index in [9.17, 15) is 4.79 Å². The molecule has 1 fully saturated rings. The van der Waals surface area contributed by atoms with Crippen molar-refractivity contribution in [2.45, 2.75) is 39.3 Å². The number of nitrogens with one attached hydrogen (secondary N) is 1. The molecular formula is C21H25ClN2O. The third-order valence-electron chi connectivity index (χ3n) is 4.73. The number of piperidine rings is 1. The predicted octanol–water partition coefficient (Wildman–Crippen LogP) is 4.35. The van der Waals surface area contributed by atoms with E-state index in [1.165, 1.54) is 5.56 Å². The number of aryl methyl sites for hydroxylation is 2. The quantitative estimate of drug-likeness (QED) is 0.883. The van der Waals surface area contributed by atoms with E-state index in [1.807, 2.05) is 38.1 Å². The molecular weight excluding hydrogens is 332 g/mol. The zero-order chi connectivity index (χ0) is 17.8. The maximum Gasteiger partial charge on any atom is 0.251 e. The topological polar surface area (TPSA) is 32.3 Å². The first-order valence-corrected chi connectivity index (χ1v) is 9.23. The molecule has 25 heavy (non-hydrogen) atoms. The maximum atomic E-state index is 12.5. The molecule has 1 heterocycles.